The molecule has 0 fully saturated rings. The topological polar surface area (TPSA) is 85.4 Å². The van der Waals surface area contributed by atoms with Gasteiger partial charge in [0.25, 0.3) is 11.6 Å². The van der Waals surface area contributed by atoms with Crippen LogP contribution in [0.2, 0.25) is 0 Å². The second-order valence-corrected chi connectivity index (χ2v) is 9.30. The summed E-state index contributed by atoms with van der Waals surface area (Å²) in [6.45, 7) is 6.27. The first-order valence-electron chi connectivity index (χ1n) is 10.8. The van der Waals surface area contributed by atoms with Gasteiger partial charge in [-0.05, 0) is 86.0 Å². The average Bonchev–Trinajstić information content (AvgIpc) is 3.27. The van der Waals surface area contributed by atoms with E-state index in [2.05, 4.69) is 38.2 Å². The predicted molar refractivity (Wildman–Crippen MR) is 134 cm³/mol. The number of carbonyl (C=O) groups is 1. The fourth-order valence-electron chi connectivity index (χ4n) is 3.83. The smallest absolute Gasteiger partial charge is 0.291 e. The van der Waals surface area contributed by atoms with Crippen molar-refractivity contribution in [3.8, 4) is 0 Å². The zero-order valence-electron chi connectivity index (χ0n) is 19.1. The molecular formula is C27H24N2O4S. The molecule has 0 aliphatic rings. The second-order valence-electron chi connectivity index (χ2n) is 8.15. The number of amides is 1. The van der Waals surface area contributed by atoms with Crippen molar-refractivity contribution in [2.24, 2.45) is 0 Å². The van der Waals surface area contributed by atoms with E-state index < -0.39 is 4.92 Å². The number of nitro groups is 1. The Labute approximate surface area is 202 Å². The van der Waals surface area contributed by atoms with Crippen molar-refractivity contribution in [1.82, 2.24) is 0 Å². The summed E-state index contributed by atoms with van der Waals surface area (Å²) in [5, 5.41) is 13.6. The minimum atomic E-state index is -0.418. The Morgan fingerprint density at radius 2 is 1.50 bits per heavy atom. The van der Waals surface area contributed by atoms with Gasteiger partial charge in [-0.25, -0.2) is 0 Å². The standard InChI is InChI=1S/C27H24N2O4S/c1-17-14-18(2)25(19(3)15-17)16-22-8-13-26(33-22)27(30)28-20-4-9-23(10-5-20)34-24-11-6-21(7-12-24)29(31)32/h4-15H,16H2,1-3H3,(H,28,30). The molecule has 0 radical (unpaired) electrons. The van der Waals surface area contributed by atoms with Crippen LogP contribution in [0, 0.1) is 30.9 Å². The molecule has 0 saturated heterocycles. The maximum Gasteiger partial charge on any atom is 0.291 e. The van der Waals surface area contributed by atoms with Crippen LogP contribution in [0.4, 0.5) is 11.4 Å². The van der Waals surface area contributed by atoms with Gasteiger partial charge in [-0.1, -0.05) is 29.5 Å². The van der Waals surface area contributed by atoms with E-state index in [9.17, 15) is 14.9 Å². The highest BCUT2D eigenvalue weighted by Crippen LogP contribution is 2.30. The number of nitrogens with one attached hydrogen (secondary N) is 1. The van der Waals surface area contributed by atoms with Gasteiger partial charge < -0.3 is 9.73 Å². The number of carbonyl (C=O) groups excluding carboxylic acids is 1. The third-order valence-electron chi connectivity index (χ3n) is 5.47. The lowest BCUT2D eigenvalue weighted by Crippen LogP contribution is -2.10. The van der Waals surface area contributed by atoms with E-state index in [1.165, 1.54) is 46.1 Å². The molecule has 1 N–H and O–H groups in total. The van der Waals surface area contributed by atoms with E-state index in [4.69, 9.17) is 4.42 Å². The van der Waals surface area contributed by atoms with Crippen LogP contribution in [0.3, 0.4) is 0 Å². The molecule has 0 bridgehead atoms. The van der Waals surface area contributed by atoms with Crippen LogP contribution in [0.5, 0.6) is 0 Å². The number of aryl methyl sites for hydroxylation is 3. The number of furan rings is 1. The van der Waals surface area contributed by atoms with E-state index in [-0.39, 0.29) is 17.4 Å². The van der Waals surface area contributed by atoms with Crippen LogP contribution in [-0.4, -0.2) is 10.8 Å². The molecule has 34 heavy (non-hydrogen) atoms. The number of nitro benzene ring substituents is 1. The summed E-state index contributed by atoms with van der Waals surface area (Å²) in [5.74, 6) is 0.705. The summed E-state index contributed by atoms with van der Waals surface area (Å²) in [6.07, 6.45) is 0.639. The molecule has 4 rings (SSSR count). The molecule has 3 aromatic carbocycles. The van der Waals surface area contributed by atoms with Gasteiger partial charge >= 0.3 is 0 Å². The number of hydrogen-bond donors (Lipinski definition) is 1. The van der Waals surface area contributed by atoms with Crippen molar-refractivity contribution in [3.05, 3.63) is 117 Å². The van der Waals surface area contributed by atoms with Gasteiger partial charge in [0.2, 0.25) is 0 Å². The lowest BCUT2D eigenvalue weighted by molar-refractivity contribution is -0.384. The summed E-state index contributed by atoms with van der Waals surface area (Å²) in [7, 11) is 0. The molecule has 0 aliphatic carbocycles. The van der Waals surface area contributed by atoms with Gasteiger partial charge in [-0.2, -0.15) is 0 Å². The van der Waals surface area contributed by atoms with Crippen LogP contribution in [0.25, 0.3) is 0 Å². The molecular weight excluding hydrogens is 448 g/mol. The number of anilines is 1. The number of nitrogens with zero attached hydrogens (tertiary/aromatic N) is 1. The molecule has 0 spiro atoms. The predicted octanol–water partition coefficient (Wildman–Crippen LogP) is 7.11. The highest BCUT2D eigenvalue weighted by molar-refractivity contribution is 7.99. The van der Waals surface area contributed by atoms with Crippen molar-refractivity contribution in [2.45, 2.75) is 37.0 Å². The van der Waals surface area contributed by atoms with E-state index in [1.807, 2.05) is 30.3 Å². The maximum atomic E-state index is 12.7. The number of rotatable bonds is 7. The molecule has 0 unspecified atom stereocenters. The molecule has 0 saturated carbocycles. The Morgan fingerprint density at radius 3 is 2.09 bits per heavy atom. The first-order valence-corrected chi connectivity index (χ1v) is 11.6. The molecule has 1 aromatic heterocycles. The third-order valence-corrected chi connectivity index (χ3v) is 6.49. The summed E-state index contributed by atoms with van der Waals surface area (Å²) < 4.78 is 5.83. The average molecular weight is 473 g/mol. The minimum Gasteiger partial charge on any atom is -0.456 e. The summed E-state index contributed by atoms with van der Waals surface area (Å²) in [4.78, 5) is 24.9. The van der Waals surface area contributed by atoms with Crippen molar-refractivity contribution in [2.75, 3.05) is 5.32 Å². The molecule has 0 atom stereocenters. The number of non-ortho nitro benzene ring substituents is 1. The lowest BCUT2D eigenvalue weighted by atomic mass is 9.97. The zero-order valence-corrected chi connectivity index (χ0v) is 19.9. The third kappa shape index (κ3) is 5.55. The van der Waals surface area contributed by atoms with Crippen LogP contribution in [0.15, 0.2) is 87.0 Å². The normalized spacial score (nSPS) is 10.8. The molecule has 4 aromatic rings. The number of benzene rings is 3. The van der Waals surface area contributed by atoms with Gasteiger partial charge in [-0.3, -0.25) is 14.9 Å². The summed E-state index contributed by atoms with van der Waals surface area (Å²) in [6, 6.07) is 21.6. The molecule has 6 nitrogen and oxygen atoms in total. The van der Waals surface area contributed by atoms with Crippen LogP contribution < -0.4 is 5.32 Å². The monoisotopic (exact) mass is 472 g/mol. The Bertz CT molecular complexity index is 1320. The highest BCUT2D eigenvalue weighted by Gasteiger charge is 2.14. The largest absolute Gasteiger partial charge is 0.456 e. The van der Waals surface area contributed by atoms with E-state index in [1.54, 1.807) is 18.2 Å². The second kappa shape index (κ2) is 9.97. The fraction of sp³-hybridized carbons (Fsp3) is 0.148. The minimum absolute atomic E-state index is 0.0626. The first-order chi connectivity index (χ1) is 16.3. The van der Waals surface area contributed by atoms with Gasteiger partial charge in [0.1, 0.15) is 5.76 Å². The molecule has 1 heterocycles. The Morgan fingerprint density at radius 1 is 0.912 bits per heavy atom. The van der Waals surface area contributed by atoms with Crippen molar-refractivity contribution in [3.63, 3.8) is 0 Å². The Balaban J connectivity index is 1.38. The Hall–Kier alpha value is -3.84. The van der Waals surface area contributed by atoms with Gasteiger partial charge in [-0.15, -0.1) is 0 Å². The van der Waals surface area contributed by atoms with Gasteiger partial charge in [0, 0.05) is 34.0 Å². The molecule has 172 valence electrons. The summed E-state index contributed by atoms with van der Waals surface area (Å²) >= 11 is 1.49. The van der Waals surface area contributed by atoms with E-state index in [0.717, 1.165) is 15.6 Å². The SMILES string of the molecule is Cc1cc(C)c(Cc2ccc(C(=O)Nc3ccc(Sc4ccc([N+](=O)[O-])cc4)cc3)o2)c(C)c1. The lowest BCUT2D eigenvalue weighted by Gasteiger charge is -2.10. The van der Waals surface area contributed by atoms with Crippen LogP contribution >= 0.6 is 11.8 Å². The fourth-order valence-corrected chi connectivity index (χ4v) is 4.65. The van der Waals surface area contributed by atoms with Crippen molar-refractivity contribution < 1.29 is 14.1 Å². The molecule has 1 amide bonds. The van der Waals surface area contributed by atoms with Crippen molar-refractivity contribution >= 4 is 29.0 Å². The maximum absolute atomic E-state index is 12.7. The first kappa shape index (κ1) is 23.3. The van der Waals surface area contributed by atoms with Crippen LogP contribution in [0.1, 0.15) is 38.6 Å². The highest BCUT2D eigenvalue weighted by atomic mass is 32.2. The molecule has 0 aliphatic heterocycles. The quantitative estimate of drug-likeness (QED) is 0.229. The van der Waals surface area contributed by atoms with E-state index in [0.29, 0.717) is 12.1 Å². The molecule has 7 heteroatoms. The van der Waals surface area contributed by atoms with Gasteiger partial charge in [0.15, 0.2) is 5.76 Å². The van der Waals surface area contributed by atoms with Gasteiger partial charge in [0.05, 0.1) is 4.92 Å². The zero-order chi connectivity index (χ0) is 24.2. The Kier molecular flexibility index (Phi) is 6.84. The van der Waals surface area contributed by atoms with Crippen LogP contribution in [-0.2, 0) is 6.42 Å². The van der Waals surface area contributed by atoms with Crippen molar-refractivity contribution in [1.29, 1.82) is 0 Å². The van der Waals surface area contributed by atoms with E-state index >= 15 is 0 Å². The number of hydrogen-bond acceptors (Lipinski definition) is 5. The summed E-state index contributed by atoms with van der Waals surface area (Å²) in [5.41, 5.74) is 5.59.